The van der Waals surface area contributed by atoms with Gasteiger partial charge in [0, 0.05) is 22.2 Å². The van der Waals surface area contributed by atoms with Crippen LogP contribution in [0, 0.1) is 0 Å². The Kier molecular flexibility index (Phi) is 18.5. The Labute approximate surface area is 247 Å². The van der Waals surface area contributed by atoms with E-state index in [0.717, 1.165) is 22.8 Å². The summed E-state index contributed by atoms with van der Waals surface area (Å²) in [4.78, 5) is 19.6. The maximum Gasteiger partial charge on any atom is 1.00 e. The molecule has 186 valence electrons. The molecule has 0 radical (unpaired) electrons. The van der Waals surface area contributed by atoms with E-state index < -0.39 is 0 Å². The van der Waals surface area contributed by atoms with Crippen LogP contribution in [-0.4, -0.2) is 34.9 Å². The SMILES string of the molecule is CSc1ccccc1N=Cc1ccccn1.CSc1ccccc1N=Cc1ccccn1.[Br-].[Br-].[Cu+]. The van der Waals surface area contributed by atoms with Crippen LogP contribution in [-0.2, 0) is 17.1 Å². The molecule has 0 amide bonds. The number of aliphatic imine (C=N–C) groups is 2. The van der Waals surface area contributed by atoms with Gasteiger partial charge in [-0.25, -0.2) is 0 Å². The van der Waals surface area contributed by atoms with Crippen LogP contribution in [0.25, 0.3) is 0 Å². The van der Waals surface area contributed by atoms with E-state index in [9.17, 15) is 0 Å². The molecular formula is C26H24Br2CuN4S2-. The van der Waals surface area contributed by atoms with Gasteiger partial charge < -0.3 is 34.0 Å². The molecule has 0 fully saturated rings. The van der Waals surface area contributed by atoms with E-state index in [-0.39, 0.29) is 51.0 Å². The Hall–Kier alpha value is -1.74. The van der Waals surface area contributed by atoms with Gasteiger partial charge in [0.2, 0.25) is 0 Å². The first-order valence-electron chi connectivity index (χ1n) is 9.96. The minimum absolute atomic E-state index is 0. The Morgan fingerprint density at radius 1 is 0.571 bits per heavy atom. The van der Waals surface area contributed by atoms with Crippen molar-refractivity contribution in [3.8, 4) is 0 Å². The first-order valence-corrected chi connectivity index (χ1v) is 12.4. The van der Waals surface area contributed by atoms with Crippen LogP contribution in [0.4, 0.5) is 11.4 Å². The van der Waals surface area contributed by atoms with Crippen LogP contribution in [0.2, 0.25) is 0 Å². The fourth-order valence-electron chi connectivity index (χ4n) is 2.65. The summed E-state index contributed by atoms with van der Waals surface area (Å²) in [6, 6.07) is 27.7. The van der Waals surface area contributed by atoms with E-state index in [1.807, 2.05) is 72.8 Å². The third-order valence-electron chi connectivity index (χ3n) is 4.22. The molecule has 4 nitrogen and oxygen atoms in total. The van der Waals surface area contributed by atoms with Gasteiger partial charge in [-0.15, -0.1) is 23.5 Å². The third-order valence-corrected chi connectivity index (χ3v) is 5.79. The van der Waals surface area contributed by atoms with Crippen molar-refractivity contribution in [3.63, 3.8) is 0 Å². The summed E-state index contributed by atoms with van der Waals surface area (Å²) in [5.41, 5.74) is 3.72. The van der Waals surface area contributed by atoms with Gasteiger partial charge in [0.1, 0.15) is 0 Å². The van der Waals surface area contributed by atoms with Crippen molar-refractivity contribution in [3.05, 3.63) is 109 Å². The molecule has 0 bridgehead atoms. The van der Waals surface area contributed by atoms with Crippen molar-refractivity contribution < 1.29 is 51.0 Å². The van der Waals surface area contributed by atoms with Gasteiger partial charge in [-0.2, -0.15) is 0 Å². The molecule has 4 rings (SSSR count). The number of thioether (sulfide) groups is 2. The molecule has 0 spiro atoms. The third kappa shape index (κ3) is 11.7. The summed E-state index contributed by atoms with van der Waals surface area (Å²) in [5.74, 6) is 0. The standard InChI is InChI=1S/2C13H12N2S.2BrH.Cu/c2*1-16-13-8-3-2-7-12(13)15-10-11-6-4-5-9-14-11;;;/h2*2-10H,1H3;2*1H;/q;;;;+1/p-2. The topological polar surface area (TPSA) is 50.5 Å². The summed E-state index contributed by atoms with van der Waals surface area (Å²) in [5, 5.41) is 0. The Bertz CT molecular complexity index is 1070. The van der Waals surface area contributed by atoms with E-state index in [4.69, 9.17) is 0 Å². The number of aromatic nitrogens is 2. The van der Waals surface area contributed by atoms with Crippen molar-refractivity contribution in [2.45, 2.75) is 9.79 Å². The van der Waals surface area contributed by atoms with Gasteiger partial charge in [-0.1, -0.05) is 36.4 Å². The molecule has 35 heavy (non-hydrogen) atoms. The number of para-hydroxylation sites is 2. The van der Waals surface area contributed by atoms with Gasteiger partial charge in [-0.3, -0.25) is 20.0 Å². The second kappa shape index (κ2) is 19.4. The minimum Gasteiger partial charge on any atom is -1.00 e. The van der Waals surface area contributed by atoms with Gasteiger partial charge >= 0.3 is 17.1 Å². The van der Waals surface area contributed by atoms with Gasteiger partial charge in [0.15, 0.2) is 0 Å². The number of benzene rings is 2. The van der Waals surface area contributed by atoms with Crippen LogP contribution in [0.3, 0.4) is 0 Å². The summed E-state index contributed by atoms with van der Waals surface area (Å²) >= 11 is 3.39. The number of pyridine rings is 2. The van der Waals surface area contributed by atoms with E-state index in [0.29, 0.717) is 0 Å². The zero-order chi connectivity index (χ0) is 22.4. The molecule has 0 aliphatic heterocycles. The van der Waals surface area contributed by atoms with Crippen molar-refractivity contribution in [1.29, 1.82) is 0 Å². The van der Waals surface area contributed by atoms with Crippen molar-refractivity contribution in [2.24, 2.45) is 9.98 Å². The fourth-order valence-corrected chi connectivity index (χ4v) is 3.74. The van der Waals surface area contributed by atoms with Crippen LogP contribution < -0.4 is 34.0 Å². The Balaban J connectivity index is 0.000000608. The predicted molar refractivity (Wildman–Crippen MR) is 139 cm³/mol. The average Bonchev–Trinajstić information content (AvgIpc) is 2.88. The molecule has 0 saturated carbocycles. The smallest absolute Gasteiger partial charge is 1.00 e. The Morgan fingerprint density at radius 2 is 0.943 bits per heavy atom. The zero-order valence-corrected chi connectivity index (χ0v) is 24.8. The summed E-state index contributed by atoms with van der Waals surface area (Å²) in [7, 11) is 0. The summed E-state index contributed by atoms with van der Waals surface area (Å²) < 4.78 is 0. The van der Waals surface area contributed by atoms with Crippen LogP contribution in [0.5, 0.6) is 0 Å². The molecule has 2 aromatic heterocycles. The quantitative estimate of drug-likeness (QED) is 0.174. The van der Waals surface area contributed by atoms with Crippen LogP contribution in [0.15, 0.2) is 117 Å². The van der Waals surface area contributed by atoms with Gasteiger partial charge in [0.05, 0.1) is 35.2 Å². The maximum atomic E-state index is 4.44. The van der Waals surface area contributed by atoms with Crippen molar-refractivity contribution >= 4 is 47.3 Å². The summed E-state index contributed by atoms with van der Waals surface area (Å²) in [6.07, 6.45) is 11.2. The molecule has 0 aliphatic carbocycles. The van der Waals surface area contributed by atoms with Crippen LogP contribution >= 0.6 is 23.5 Å². The van der Waals surface area contributed by atoms with Crippen molar-refractivity contribution in [2.75, 3.05) is 12.5 Å². The molecule has 0 N–H and O–H groups in total. The summed E-state index contributed by atoms with van der Waals surface area (Å²) in [6.45, 7) is 0. The molecule has 0 aliphatic rings. The monoisotopic (exact) mass is 677 g/mol. The second-order valence-electron chi connectivity index (χ2n) is 6.37. The minimum atomic E-state index is 0. The first-order chi connectivity index (χ1) is 15.8. The second-order valence-corrected chi connectivity index (χ2v) is 8.07. The number of hydrogen-bond acceptors (Lipinski definition) is 6. The zero-order valence-electron chi connectivity index (χ0n) is 19.1. The number of rotatable bonds is 6. The number of hydrogen-bond donors (Lipinski definition) is 0. The molecule has 2 heterocycles. The normalized spacial score (nSPS) is 9.89. The van der Waals surface area contributed by atoms with E-state index >= 15 is 0 Å². The van der Waals surface area contributed by atoms with Gasteiger partial charge in [0.25, 0.3) is 0 Å². The molecular weight excluding hydrogens is 656 g/mol. The van der Waals surface area contributed by atoms with Gasteiger partial charge in [-0.05, 0) is 61.0 Å². The van der Waals surface area contributed by atoms with E-state index in [2.05, 4.69) is 44.6 Å². The Morgan fingerprint density at radius 3 is 1.29 bits per heavy atom. The molecule has 0 unspecified atom stereocenters. The molecule has 2 aromatic carbocycles. The number of halogens is 2. The molecule has 0 atom stereocenters. The first kappa shape index (κ1) is 33.3. The predicted octanol–water partition coefficient (Wildman–Crippen LogP) is 1.11. The van der Waals surface area contributed by atoms with E-state index in [1.165, 1.54) is 9.79 Å². The fraction of sp³-hybridized carbons (Fsp3) is 0.0769. The van der Waals surface area contributed by atoms with Crippen molar-refractivity contribution in [1.82, 2.24) is 9.97 Å². The van der Waals surface area contributed by atoms with E-state index in [1.54, 1.807) is 48.3 Å². The molecule has 4 aromatic rings. The average molecular weight is 680 g/mol. The van der Waals surface area contributed by atoms with Crippen LogP contribution in [0.1, 0.15) is 11.4 Å². The largest absolute Gasteiger partial charge is 1.00 e. The molecule has 0 saturated heterocycles. The number of nitrogens with zero attached hydrogens (tertiary/aromatic N) is 4. The molecule has 9 heteroatoms. The maximum absolute atomic E-state index is 4.44.